The van der Waals surface area contributed by atoms with Crippen molar-refractivity contribution in [1.82, 2.24) is 0 Å². The van der Waals surface area contributed by atoms with E-state index in [0.29, 0.717) is 5.41 Å². The highest BCUT2D eigenvalue weighted by Crippen LogP contribution is 2.42. The highest BCUT2D eigenvalue weighted by atomic mass is 14.3. The zero-order valence-electron chi connectivity index (χ0n) is 8.73. The molecule has 0 amide bonds. The molecule has 0 aromatic carbocycles. The lowest BCUT2D eigenvalue weighted by Gasteiger charge is -2.35. The molecule has 13 heavy (non-hydrogen) atoms. The van der Waals surface area contributed by atoms with Crippen molar-refractivity contribution in [2.24, 2.45) is 5.41 Å². The van der Waals surface area contributed by atoms with E-state index in [1.807, 2.05) is 0 Å². The third kappa shape index (κ3) is 2.36. The standard InChI is InChI=1S/C13H22/c1-2-5-9-13(10-6-3-1)11-7-4-8-12-13/h5,9H,1-4,6-8,10-12H2. The van der Waals surface area contributed by atoms with Crippen LogP contribution in [0.2, 0.25) is 0 Å². The third-order valence-electron chi connectivity index (χ3n) is 3.87. The minimum Gasteiger partial charge on any atom is -0.0880 e. The molecule has 1 fully saturated rings. The van der Waals surface area contributed by atoms with Crippen LogP contribution < -0.4 is 0 Å². The maximum absolute atomic E-state index is 2.57. The molecule has 0 heteroatoms. The van der Waals surface area contributed by atoms with Crippen LogP contribution in [-0.2, 0) is 0 Å². The quantitative estimate of drug-likeness (QED) is 0.480. The second-order valence-electron chi connectivity index (χ2n) is 4.92. The highest BCUT2D eigenvalue weighted by molar-refractivity contribution is 5.02. The summed E-state index contributed by atoms with van der Waals surface area (Å²) >= 11 is 0. The number of rotatable bonds is 0. The molecule has 0 saturated heterocycles. The lowest BCUT2D eigenvalue weighted by molar-refractivity contribution is 0.228. The minimum absolute atomic E-state index is 0.651. The van der Waals surface area contributed by atoms with Gasteiger partial charge in [-0.15, -0.1) is 0 Å². The maximum Gasteiger partial charge on any atom is -0.0118 e. The van der Waals surface area contributed by atoms with E-state index in [4.69, 9.17) is 0 Å². The Bertz CT molecular complexity index is 172. The molecule has 0 heterocycles. The molecule has 0 bridgehead atoms. The Morgan fingerprint density at radius 3 is 2.00 bits per heavy atom. The molecular formula is C13H22. The summed E-state index contributed by atoms with van der Waals surface area (Å²) < 4.78 is 0. The van der Waals surface area contributed by atoms with Gasteiger partial charge in [0.05, 0.1) is 0 Å². The molecule has 0 N–H and O–H groups in total. The fourth-order valence-electron chi connectivity index (χ4n) is 3.01. The smallest absolute Gasteiger partial charge is 0.0118 e. The molecule has 0 unspecified atom stereocenters. The van der Waals surface area contributed by atoms with Crippen molar-refractivity contribution in [3.05, 3.63) is 12.2 Å². The Morgan fingerprint density at radius 1 is 0.692 bits per heavy atom. The van der Waals surface area contributed by atoms with Crippen molar-refractivity contribution in [2.75, 3.05) is 0 Å². The molecule has 1 saturated carbocycles. The highest BCUT2D eigenvalue weighted by Gasteiger charge is 2.28. The van der Waals surface area contributed by atoms with Gasteiger partial charge in [-0.25, -0.2) is 0 Å². The van der Waals surface area contributed by atoms with Crippen molar-refractivity contribution < 1.29 is 0 Å². The van der Waals surface area contributed by atoms with Gasteiger partial charge in [-0.3, -0.25) is 0 Å². The van der Waals surface area contributed by atoms with Gasteiger partial charge >= 0.3 is 0 Å². The van der Waals surface area contributed by atoms with Crippen LogP contribution in [0.5, 0.6) is 0 Å². The average molecular weight is 178 g/mol. The molecule has 0 aromatic rings. The van der Waals surface area contributed by atoms with Gasteiger partial charge in [0.15, 0.2) is 0 Å². The molecule has 2 aliphatic carbocycles. The SMILES string of the molecule is C1=CC2(CCCCC1)CCCCC2. The second kappa shape index (κ2) is 4.30. The predicted molar refractivity (Wildman–Crippen MR) is 57.7 cm³/mol. The first-order valence-electron chi connectivity index (χ1n) is 6.09. The fourth-order valence-corrected chi connectivity index (χ4v) is 3.01. The number of hydrogen-bond donors (Lipinski definition) is 0. The van der Waals surface area contributed by atoms with Crippen LogP contribution in [0.3, 0.4) is 0 Å². The van der Waals surface area contributed by atoms with Crippen molar-refractivity contribution in [1.29, 1.82) is 0 Å². The summed E-state index contributed by atoms with van der Waals surface area (Å²) in [5.74, 6) is 0. The predicted octanol–water partition coefficient (Wildman–Crippen LogP) is 4.46. The van der Waals surface area contributed by atoms with Crippen molar-refractivity contribution in [2.45, 2.75) is 64.2 Å². The van der Waals surface area contributed by atoms with Crippen molar-refractivity contribution in [3.63, 3.8) is 0 Å². The van der Waals surface area contributed by atoms with Gasteiger partial charge in [0.1, 0.15) is 0 Å². The van der Waals surface area contributed by atoms with Gasteiger partial charge in [-0.2, -0.15) is 0 Å². The van der Waals surface area contributed by atoms with Crippen LogP contribution >= 0.6 is 0 Å². The van der Waals surface area contributed by atoms with Gasteiger partial charge < -0.3 is 0 Å². The van der Waals surface area contributed by atoms with E-state index in [2.05, 4.69) is 12.2 Å². The first-order chi connectivity index (χ1) is 6.41. The van der Waals surface area contributed by atoms with Crippen LogP contribution in [0.25, 0.3) is 0 Å². The molecular weight excluding hydrogens is 156 g/mol. The zero-order valence-corrected chi connectivity index (χ0v) is 8.73. The normalized spacial score (nSPS) is 28.3. The summed E-state index contributed by atoms with van der Waals surface area (Å²) in [5.41, 5.74) is 0.651. The summed E-state index contributed by atoms with van der Waals surface area (Å²) in [6, 6.07) is 0. The molecule has 0 atom stereocenters. The maximum atomic E-state index is 2.57. The second-order valence-corrected chi connectivity index (χ2v) is 4.92. The first-order valence-corrected chi connectivity index (χ1v) is 6.09. The molecule has 0 radical (unpaired) electrons. The van der Waals surface area contributed by atoms with Crippen LogP contribution in [0.15, 0.2) is 12.2 Å². The minimum atomic E-state index is 0.651. The van der Waals surface area contributed by atoms with Crippen LogP contribution in [0.1, 0.15) is 64.2 Å². The molecule has 2 rings (SSSR count). The lowest BCUT2D eigenvalue weighted by atomic mass is 9.70. The Balaban J connectivity index is 2.02. The van der Waals surface area contributed by atoms with Crippen LogP contribution in [-0.4, -0.2) is 0 Å². The van der Waals surface area contributed by atoms with E-state index in [1.165, 1.54) is 64.2 Å². The summed E-state index contributed by atoms with van der Waals surface area (Å²) in [6.45, 7) is 0. The van der Waals surface area contributed by atoms with Gasteiger partial charge in [-0.1, -0.05) is 44.3 Å². The molecule has 1 spiro atoms. The van der Waals surface area contributed by atoms with E-state index >= 15 is 0 Å². The van der Waals surface area contributed by atoms with Gasteiger partial charge in [0, 0.05) is 0 Å². The molecule has 74 valence electrons. The topological polar surface area (TPSA) is 0 Å². The average Bonchev–Trinajstić information content (AvgIpc) is 2.14. The largest absolute Gasteiger partial charge is 0.0880 e. The van der Waals surface area contributed by atoms with Crippen molar-refractivity contribution in [3.8, 4) is 0 Å². The van der Waals surface area contributed by atoms with E-state index in [9.17, 15) is 0 Å². The summed E-state index contributed by atoms with van der Waals surface area (Å²) in [4.78, 5) is 0. The third-order valence-corrected chi connectivity index (χ3v) is 3.87. The molecule has 0 aliphatic heterocycles. The summed E-state index contributed by atoms with van der Waals surface area (Å²) in [5, 5.41) is 0. The van der Waals surface area contributed by atoms with E-state index in [-0.39, 0.29) is 0 Å². The van der Waals surface area contributed by atoms with Gasteiger partial charge in [0.2, 0.25) is 0 Å². The number of allylic oxidation sites excluding steroid dienone is 2. The first kappa shape index (κ1) is 9.30. The van der Waals surface area contributed by atoms with Crippen molar-refractivity contribution >= 4 is 0 Å². The molecule has 2 aliphatic rings. The Hall–Kier alpha value is -0.260. The van der Waals surface area contributed by atoms with E-state index < -0.39 is 0 Å². The molecule has 0 aromatic heterocycles. The lowest BCUT2D eigenvalue weighted by Crippen LogP contribution is -2.22. The summed E-state index contributed by atoms with van der Waals surface area (Å²) in [6.07, 6.45) is 19.6. The monoisotopic (exact) mass is 178 g/mol. The van der Waals surface area contributed by atoms with Gasteiger partial charge in [0.25, 0.3) is 0 Å². The fraction of sp³-hybridized carbons (Fsp3) is 0.846. The molecule has 0 nitrogen and oxygen atoms in total. The van der Waals surface area contributed by atoms with Crippen LogP contribution in [0.4, 0.5) is 0 Å². The Morgan fingerprint density at radius 2 is 1.31 bits per heavy atom. The number of hydrogen-bond acceptors (Lipinski definition) is 0. The zero-order chi connectivity index (χ0) is 8.99. The van der Waals surface area contributed by atoms with E-state index in [1.54, 1.807) is 0 Å². The Labute approximate surface area is 82.4 Å². The summed E-state index contributed by atoms with van der Waals surface area (Å²) in [7, 11) is 0. The Kier molecular flexibility index (Phi) is 3.08. The van der Waals surface area contributed by atoms with Gasteiger partial charge in [-0.05, 0) is 37.5 Å². The van der Waals surface area contributed by atoms with E-state index in [0.717, 1.165) is 0 Å². The van der Waals surface area contributed by atoms with Crippen LogP contribution in [0, 0.1) is 5.41 Å².